The maximum atomic E-state index is 5.39. The molecule has 0 saturated carbocycles. The van der Waals surface area contributed by atoms with Gasteiger partial charge in [0.1, 0.15) is 5.82 Å². The second-order valence-corrected chi connectivity index (χ2v) is 3.68. The molecule has 0 amide bonds. The van der Waals surface area contributed by atoms with Crippen LogP contribution in [0.2, 0.25) is 0 Å². The number of hydrogen-bond donors (Lipinski definition) is 2. The number of hydrogen-bond acceptors (Lipinski definition) is 5. The van der Waals surface area contributed by atoms with Crippen molar-refractivity contribution in [2.24, 2.45) is 7.05 Å². The molecule has 0 spiro atoms. The Morgan fingerprint density at radius 2 is 2.47 bits per heavy atom. The van der Waals surface area contributed by atoms with E-state index in [4.69, 9.17) is 4.74 Å². The lowest BCUT2D eigenvalue weighted by Crippen LogP contribution is -2.43. The van der Waals surface area contributed by atoms with Gasteiger partial charge in [-0.1, -0.05) is 0 Å². The summed E-state index contributed by atoms with van der Waals surface area (Å²) in [5, 5.41) is 14.6. The Kier molecular flexibility index (Phi) is 3.17. The highest BCUT2D eigenvalue weighted by Crippen LogP contribution is 2.07. The molecule has 6 heteroatoms. The topological polar surface area (TPSA) is 64.0 Å². The lowest BCUT2D eigenvalue weighted by Gasteiger charge is -2.23. The van der Waals surface area contributed by atoms with Gasteiger partial charge < -0.3 is 19.9 Å². The molecule has 1 atom stereocenters. The number of anilines is 1. The molecule has 2 heterocycles. The first kappa shape index (κ1) is 10.4. The van der Waals surface area contributed by atoms with Gasteiger partial charge in [-0.05, 0) is 0 Å². The van der Waals surface area contributed by atoms with Gasteiger partial charge in [0.2, 0.25) is 5.95 Å². The standard InChI is InChI=1S/C9H17N5O/c1-10-9-13-12-8(14(9)2)5-7-6-15-4-3-11-7/h7,11H,3-6H2,1-2H3,(H,10,13). The Hall–Kier alpha value is -1.14. The van der Waals surface area contributed by atoms with Crippen molar-refractivity contribution in [3.05, 3.63) is 5.82 Å². The van der Waals surface area contributed by atoms with E-state index in [1.807, 2.05) is 18.7 Å². The number of morpholine rings is 1. The summed E-state index contributed by atoms with van der Waals surface area (Å²) in [6, 6.07) is 0.353. The van der Waals surface area contributed by atoms with E-state index in [0.29, 0.717) is 6.04 Å². The van der Waals surface area contributed by atoms with E-state index in [-0.39, 0.29) is 0 Å². The van der Waals surface area contributed by atoms with Gasteiger partial charge in [0.05, 0.1) is 13.2 Å². The quantitative estimate of drug-likeness (QED) is 0.698. The van der Waals surface area contributed by atoms with Crippen molar-refractivity contribution in [2.45, 2.75) is 12.5 Å². The van der Waals surface area contributed by atoms with Crippen molar-refractivity contribution in [1.29, 1.82) is 0 Å². The second-order valence-electron chi connectivity index (χ2n) is 3.68. The molecule has 84 valence electrons. The Balaban J connectivity index is 2.00. The predicted molar refractivity (Wildman–Crippen MR) is 56.9 cm³/mol. The van der Waals surface area contributed by atoms with E-state index in [9.17, 15) is 0 Å². The minimum atomic E-state index is 0.353. The molecular formula is C9H17N5O. The lowest BCUT2D eigenvalue weighted by molar-refractivity contribution is 0.0762. The number of nitrogens with zero attached hydrogens (tertiary/aromatic N) is 3. The monoisotopic (exact) mass is 211 g/mol. The molecule has 1 fully saturated rings. The van der Waals surface area contributed by atoms with Gasteiger partial charge in [0, 0.05) is 33.1 Å². The third-order valence-electron chi connectivity index (χ3n) is 2.62. The van der Waals surface area contributed by atoms with Gasteiger partial charge in [-0.2, -0.15) is 0 Å². The van der Waals surface area contributed by atoms with Crippen LogP contribution in [0.15, 0.2) is 0 Å². The lowest BCUT2D eigenvalue weighted by atomic mass is 10.2. The first-order valence-corrected chi connectivity index (χ1v) is 5.18. The average Bonchev–Trinajstić information content (AvgIpc) is 2.62. The first-order chi connectivity index (χ1) is 7.31. The summed E-state index contributed by atoms with van der Waals surface area (Å²) in [5.74, 6) is 1.77. The van der Waals surface area contributed by atoms with Crippen molar-refractivity contribution in [1.82, 2.24) is 20.1 Å². The fourth-order valence-electron chi connectivity index (χ4n) is 1.73. The maximum absolute atomic E-state index is 5.39. The summed E-state index contributed by atoms with van der Waals surface area (Å²) in [6.45, 7) is 2.47. The maximum Gasteiger partial charge on any atom is 0.224 e. The third-order valence-corrected chi connectivity index (χ3v) is 2.62. The fraction of sp³-hybridized carbons (Fsp3) is 0.778. The fourth-order valence-corrected chi connectivity index (χ4v) is 1.73. The summed E-state index contributed by atoms with van der Waals surface area (Å²) >= 11 is 0. The molecule has 0 aromatic carbocycles. The molecule has 15 heavy (non-hydrogen) atoms. The molecule has 1 aromatic rings. The Labute approximate surface area is 89.0 Å². The summed E-state index contributed by atoms with van der Waals surface area (Å²) in [5.41, 5.74) is 0. The van der Waals surface area contributed by atoms with Gasteiger partial charge >= 0.3 is 0 Å². The number of ether oxygens (including phenoxy) is 1. The molecule has 6 nitrogen and oxygen atoms in total. The number of nitrogens with one attached hydrogen (secondary N) is 2. The number of rotatable bonds is 3. The molecule has 1 saturated heterocycles. The van der Waals surface area contributed by atoms with Crippen LogP contribution in [0.3, 0.4) is 0 Å². The van der Waals surface area contributed by atoms with Crippen molar-refractivity contribution in [3.8, 4) is 0 Å². The van der Waals surface area contributed by atoms with E-state index in [2.05, 4.69) is 20.8 Å². The normalized spacial score (nSPS) is 21.6. The molecule has 1 aliphatic heterocycles. The minimum absolute atomic E-state index is 0.353. The molecular weight excluding hydrogens is 194 g/mol. The molecule has 2 N–H and O–H groups in total. The van der Waals surface area contributed by atoms with Gasteiger partial charge in [-0.25, -0.2) is 0 Å². The predicted octanol–water partition coefficient (Wildman–Crippen LogP) is -0.612. The molecule has 0 bridgehead atoms. The van der Waals surface area contributed by atoms with Crippen LogP contribution in [0.1, 0.15) is 5.82 Å². The zero-order chi connectivity index (χ0) is 10.7. The Bertz CT molecular complexity index is 318. The highest BCUT2D eigenvalue weighted by molar-refractivity contribution is 5.23. The van der Waals surface area contributed by atoms with Crippen molar-refractivity contribution >= 4 is 5.95 Å². The SMILES string of the molecule is CNc1nnc(CC2COCCN2)n1C. The number of aromatic nitrogens is 3. The molecule has 1 unspecified atom stereocenters. The highest BCUT2D eigenvalue weighted by atomic mass is 16.5. The van der Waals surface area contributed by atoms with Crippen LogP contribution in [0.5, 0.6) is 0 Å². The van der Waals surface area contributed by atoms with Gasteiger partial charge in [0.25, 0.3) is 0 Å². The van der Waals surface area contributed by atoms with Gasteiger partial charge in [-0.3, -0.25) is 0 Å². The smallest absolute Gasteiger partial charge is 0.224 e. The van der Waals surface area contributed by atoms with Crippen LogP contribution < -0.4 is 10.6 Å². The molecule has 1 aromatic heterocycles. The van der Waals surface area contributed by atoms with Crippen LogP contribution >= 0.6 is 0 Å². The van der Waals surface area contributed by atoms with Crippen LogP contribution in [-0.2, 0) is 18.2 Å². The zero-order valence-electron chi connectivity index (χ0n) is 9.16. The summed E-state index contributed by atoms with van der Waals surface area (Å²) in [4.78, 5) is 0. The molecule has 0 radical (unpaired) electrons. The Morgan fingerprint density at radius 3 is 3.07 bits per heavy atom. The largest absolute Gasteiger partial charge is 0.379 e. The summed E-state index contributed by atoms with van der Waals surface area (Å²) in [7, 11) is 3.81. The molecule has 2 rings (SSSR count). The van der Waals surface area contributed by atoms with E-state index in [1.54, 1.807) is 0 Å². The third kappa shape index (κ3) is 2.27. The Morgan fingerprint density at radius 1 is 1.60 bits per heavy atom. The van der Waals surface area contributed by atoms with E-state index >= 15 is 0 Å². The molecule has 0 aliphatic carbocycles. The van der Waals surface area contributed by atoms with E-state index < -0.39 is 0 Å². The van der Waals surface area contributed by atoms with Gasteiger partial charge in [0.15, 0.2) is 0 Å². The average molecular weight is 211 g/mol. The minimum Gasteiger partial charge on any atom is -0.379 e. The summed E-state index contributed by atoms with van der Waals surface area (Å²) < 4.78 is 7.36. The van der Waals surface area contributed by atoms with Crippen LogP contribution in [-0.4, -0.2) is 47.6 Å². The van der Waals surface area contributed by atoms with Crippen LogP contribution in [0, 0.1) is 0 Å². The summed E-state index contributed by atoms with van der Waals surface area (Å²) in [6.07, 6.45) is 0.852. The van der Waals surface area contributed by atoms with Gasteiger partial charge in [-0.15, -0.1) is 10.2 Å². The van der Waals surface area contributed by atoms with Crippen LogP contribution in [0.25, 0.3) is 0 Å². The first-order valence-electron chi connectivity index (χ1n) is 5.18. The second kappa shape index (κ2) is 4.59. The van der Waals surface area contributed by atoms with E-state index in [1.165, 1.54) is 0 Å². The van der Waals surface area contributed by atoms with Crippen molar-refractivity contribution in [2.75, 3.05) is 32.1 Å². The van der Waals surface area contributed by atoms with Crippen molar-refractivity contribution in [3.63, 3.8) is 0 Å². The van der Waals surface area contributed by atoms with E-state index in [0.717, 1.165) is 38.0 Å². The molecule has 1 aliphatic rings. The highest BCUT2D eigenvalue weighted by Gasteiger charge is 2.17. The zero-order valence-corrected chi connectivity index (χ0v) is 9.16. The van der Waals surface area contributed by atoms with Crippen LogP contribution in [0.4, 0.5) is 5.95 Å². The van der Waals surface area contributed by atoms with Crippen molar-refractivity contribution < 1.29 is 4.74 Å².